The molecule has 2 aromatic carbocycles. The second-order valence-electron chi connectivity index (χ2n) is 10.7. The van der Waals surface area contributed by atoms with Crippen LogP contribution >= 0.6 is 15.9 Å². The molecular weight excluding hydrogens is 588 g/mol. The Kier molecular flexibility index (Phi) is 14.2. The Morgan fingerprint density at radius 1 is 0.951 bits per heavy atom. The van der Waals surface area contributed by atoms with Crippen molar-refractivity contribution in [2.24, 2.45) is 17.6 Å². The van der Waals surface area contributed by atoms with Gasteiger partial charge in [0.2, 0.25) is 5.91 Å². The van der Waals surface area contributed by atoms with Gasteiger partial charge in [0, 0.05) is 16.6 Å². The van der Waals surface area contributed by atoms with Crippen LogP contribution in [0.3, 0.4) is 0 Å². The Balaban J connectivity index is 1.30. The molecule has 0 aromatic heterocycles. The lowest BCUT2D eigenvalue weighted by molar-refractivity contribution is -0.150. The maximum Gasteiger partial charge on any atom is 0.514 e. The van der Waals surface area contributed by atoms with Crippen LogP contribution in [0.2, 0.25) is 0 Å². The third-order valence-electron chi connectivity index (χ3n) is 7.46. The van der Waals surface area contributed by atoms with E-state index in [1.807, 2.05) is 24.3 Å². The van der Waals surface area contributed by atoms with E-state index in [-0.39, 0.29) is 24.4 Å². The van der Waals surface area contributed by atoms with E-state index in [4.69, 9.17) is 19.9 Å². The lowest BCUT2D eigenvalue weighted by Gasteiger charge is -2.27. The fraction of sp³-hybridized carbons (Fsp3) is 0.531. The standard InChI is InChI=1S/C32H43BrN2O6/c1-2-3-4-5-8-19-39-31(37)25-15-11-24(12-16-25)21-35-30(36)29(34)20-23-13-17-27(18-14-23)41-32(38)40-22-26-9-6-7-10-28(26)33/h6-7,9-10,13-14,17-18,24-25,29H,2-5,8,11-12,15-16,19-22,34H2,1H3,(H,35,36)/t24?,25?,29-/m0/s1. The quantitative estimate of drug-likeness (QED) is 0.131. The Hall–Kier alpha value is -2.91. The van der Waals surface area contributed by atoms with Crippen molar-refractivity contribution >= 4 is 34.0 Å². The zero-order valence-corrected chi connectivity index (χ0v) is 25.5. The summed E-state index contributed by atoms with van der Waals surface area (Å²) in [6.45, 7) is 3.35. The molecular formula is C32H43BrN2O6. The SMILES string of the molecule is CCCCCCCOC(=O)C1CCC(CNC(=O)[C@@H](N)Cc2ccc(OC(=O)OCc3ccccc3Br)cc2)CC1. The minimum atomic E-state index is -0.798. The van der Waals surface area contributed by atoms with E-state index in [1.54, 1.807) is 24.3 Å². The highest BCUT2D eigenvalue weighted by molar-refractivity contribution is 9.10. The van der Waals surface area contributed by atoms with Crippen molar-refractivity contribution in [1.29, 1.82) is 0 Å². The summed E-state index contributed by atoms with van der Waals surface area (Å²) in [5.74, 6) is 0.378. The van der Waals surface area contributed by atoms with Crippen LogP contribution in [0.1, 0.15) is 75.8 Å². The van der Waals surface area contributed by atoms with E-state index < -0.39 is 12.2 Å². The average molecular weight is 632 g/mol. The Labute approximate surface area is 251 Å². The molecule has 0 spiro atoms. The molecule has 1 saturated carbocycles. The summed E-state index contributed by atoms with van der Waals surface area (Å²) in [5, 5.41) is 2.97. The predicted molar refractivity (Wildman–Crippen MR) is 161 cm³/mol. The molecule has 0 bridgehead atoms. The van der Waals surface area contributed by atoms with Crippen LogP contribution in [-0.2, 0) is 32.1 Å². The van der Waals surface area contributed by atoms with Crippen molar-refractivity contribution in [3.63, 3.8) is 0 Å². The molecule has 1 amide bonds. The lowest BCUT2D eigenvalue weighted by Crippen LogP contribution is -2.44. The molecule has 224 valence electrons. The molecule has 0 heterocycles. The van der Waals surface area contributed by atoms with Crippen LogP contribution < -0.4 is 15.8 Å². The number of amides is 1. The van der Waals surface area contributed by atoms with E-state index in [0.717, 1.165) is 54.1 Å². The topological polar surface area (TPSA) is 117 Å². The van der Waals surface area contributed by atoms with Gasteiger partial charge in [0.25, 0.3) is 0 Å². The first kappa shape index (κ1) is 32.6. The number of rotatable bonds is 15. The van der Waals surface area contributed by atoms with Crippen LogP contribution in [-0.4, -0.2) is 37.2 Å². The van der Waals surface area contributed by atoms with Crippen LogP contribution in [0.15, 0.2) is 53.0 Å². The van der Waals surface area contributed by atoms with E-state index in [1.165, 1.54) is 19.3 Å². The van der Waals surface area contributed by atoms with Gasteiger partial charge in [0.15, 0.2) is 0 Å². The van der Waals surface area contributed by atoms with E-state index >= 15 is 0 Å². The first-order chi connectivity index (χ1) is 19.9. The molecule has 0 aliphatic heterocycles. The molecule has 3 N–H and O–H groups in total. The van der Waals surface area contributed by atoms with Gasteiger partial charge in [-0.2, -0.15) is 0 Å². The molecule has 1 atom stereocenters. The van der Waals surface area contributed by atoms with Crippen molar-refractivity contribution in [3.8, 4) is 5.75 Å². The average Bonchev–Trinajstić information content (AvgIpc) is 2.98. The smallest absolute Gasteiger partial charge is 0.465 e. The third-order valence-corrected chi connectivity index (χ3v) is 8.23. The van der Waals surface area contributed by atoms with Gasteiger partial charge in [-0.05, 0) is 68.2 Å². The lowest BCUT2D eigenvalue weighted by atomic mass is 9.82. The Morgan fingerprint density at radius 3 is 2.37 bits per heavy atom. The number of benzene rings is 2. The fourth-order valence-electron chi connectivity index (χ4n) is 4.89. The number of nitrogens with one attached hydrogen (secondary N) is 1. The number of carbonyl (C=O) groups is 3. The number of ether oxygens (including phenoxy) is 3. The van der Waals surface area contributed by atoms with Gasteiger partial charge in [0.05, 0.1) is 18.6 Å². The number of halogens is 1. The molecule has 9 heteroatoms. The highest BCUT2D eigenvalue weighted by atomic mass is 79.9. The highest BCUT2D eigenvalue weighted by Gasteiger charge is 2.28. The van der Waals surface area contributed by atoms with Gasteiger partial charge >= 0.3 is 12.1 Å². The molecule has 0 radical (unpaired) electrons. The summed E-state index contributed by atoms with van der Waals surface area (Å²) in [7, 11) is 0. The van der Waals surface area contributed by atoms with E-state index in [2.05, 4.69) is 28.2 Å². The summed E-state index contributed by atoms with van der Waals surface area (Å²) >= 11 is 3.41. The molecule has 3 rings (SSSR count). The zero-order chi connectivity index (χ0) is 29.5. The van der Waals surface area contributed by atoms with Gasteiger partial charge in [-0.15, -0.1) is 0 Å². The van der Waals surface area contributed by atoms with Crippen LogP contribution in [0, 0.1) is 11.8 Å². The number of hydrogen-bond acceptors (Lipinski definition) is 7. The van der Waals surface area contributed by atoms with Crippen molar-refractivity contribution in [1.82, 2.24) is 5.32 Å². The summed E-state index contributed by atoms with van der Waals surface area (Å²) in [4.78, 5) is 37.0. The summed E-state index contributed by atoms with van der Waals surface area (Å²) in [6.07, 6.45) is 8.61. The Morgan fingerprint density at radius 2 is 1.66 bits per heavy atom. The molecule has 0 unspecified atom stereocenters. The first-order valence-corrected chi connectivity index (χ1v) is 15.5. The largest absolute Gasteiger partial charge is 0.514 e. The number of nitrogens with two attached hydrogens (primary N) is 1. The van der Waals surface area contributed by atoms with E-state index in [0.29, 0.717) is 31.2 Å². The molecule has 0 saturated heterocycles. The minimum absolute atomic E-state index is 0.0281. The molecule has 1 fully saturated rings. The van der Waals surface area contributed by atoms with E-state index in [9.17, 15) is 14.4 Å². The van der Waals surface area contributed by atoms with Crippen molar-refractivity contribution in [2.75, 3.05) is 13.2 Å². The van der Waals surface area contributed by atoms with Crippen LogP contribution in [0.4, 0.5) is 4.79 Å². The molecule has 2 aromatic rings. The van der Waals surface area contributed by atoms with Gasteiger partial charge in [0.1, 0.15) is 12.4 Å². The molecule has 1 aliphatic carbocycles. The number of esters is 1. The number of unbranched alkanes of at least 4 members (excludes halogenated alkanes) is 4. The normalized spacial score (nSPS) is 17.3. The number of carbonyl (C=O) groups excluding carboxylic acids is 3. The van der Waals surface area contributed by atoms with Gasteiger partial charge in [-0.25, -0.2) is 4.79 Å². The Bertz CT molecular complexity index is 1100. The second-order valence-corrected chi connectivity index (χ2v) is 11.6. The molecule has 8 nitrogen and oxygen atoms in total. The maximum absolute atomic E-state index is 12.6. The second kappa shape index (κ2) is 17.8. The van der Waals surface area contributed by atoms with Gasteiger partial charge in [-0.3, -0.25) is 9.59 Å². The predicted octanol–water partition coefficient (Wildman–Crippen LogP) is 6.47. The van der Waals surface area contributed by atoms with Crippen molar-refractivity contribution in [3.05, 3.63) is 64.1 Å². The summed E-state index contributed by atoms with van der Waals surface area (Å²) in [5.41, 5.74) is 7.84. The van der Waals surface area contributed by atoms with Gasteiger partial charge in [-0.1, -0.05) is 78.9 Å². The monoisotopic (exact) mass is 630 g/mol. The summed E-state index contributed by atoms with van der Waals surface area (Å²) < 4.78 is 16.7. The summed E-state index contributed by atoms with van der Waals surface area (Å²) in [6, 6.07) is 13.6. The van der Waals surface area contributed by atoms with Crippen LogP contribution in [0.25, 0.3) is 0 Å². The molecule has 41 heavy (non-hydrogen) atoms. The third kappa shape index (κ3) is 11.8. The molecule has 1 aliphatic rings. The maximum atomic E-state index is 12.6. The van der Waals surface area contributed by atoms with Crippen molar-refractivity contribution in [2.45, 2.75) is 83.8 Å². The minimum Gasteiger partial charge on any atom is -0.465 e. The fourth-order valence-corrected chi connectivity index (χ4v) is 5.29. The zero-order valence-electron chi connectivity index (χ0n) is 23.9. The van der Waals surface area contributed by atoms with Crippen molar-refractivity contribution < 1.29 is 28.6 Å². The highest BCUT2D eigenvalue weighted by Crippen LogP contribution is 2.29. The van der Waals surface area contributed by atoms with Crippen LogP contribution in [0.5, 0.6) is 5.75 Å². The van der Waals surface area contributed by atoms with Gasteiger partial charge < -0.3 is 25.3 Å². The first-order valence-electron chi connectivity index (χ1n) is 14.7. The number of hydrogen-bond donors (Lipinski definition) is 2.